The van der Waals surface area contributed by atoms with Crippen LogP contribution >= 0.6 is 0 Å². The van der Waals surface area contributed by atoms with Crippen LogP contribution < -0.4 is 5.32 Å². The van der Waals surface area contributed by atoms with Crippen molar-refractivity contribution >= 4 is 39.7 Å². The van der Waals surface area contributed by atoms with Crippen LogP contribution in [-0.2, 0) is 14.3 Å². The topological polar surface area (TPSA) is 75.6 Å². The summed E-state index contributed by atoms with van der Waals surface area (Å²) in [5.41, 5.74) is 0. The maximum absolute atomic E-state index is 11.4. The fourth-order valence-electron chi connectivity index (χ4n) is 2.12. The summed E-state index contributed by atoms with van der Waals surface area (Å²) >= 11 is 0. The molecule has 22 heavy (non-hydrogen) atoms. The second-order valence-corrected chi connectivity index (χ2v) is 7.25. The average Bonchev–Trinajstić information content (AvgIpc) is 2.43. The van der Waals surface area contributed by atoms with Gasteiger partial charge in [0.25, 0.3) is 10.1 Å². The zero-order valence-corrected chi connectivity index (χ0v) is 14.5. The van der Waals surface area contributed by atoms with Crippen molar-refractivity contribution in [3.05, 3.63) is 0 Å². The van der Waals surface area contributed by atoms with Crippen LogP contribution in [0.1, 0.15) is 71.1 Å². The molecular weight excluding hydrogens is 313 g/mol. The third kappa shape index (κ3) is 17.2. The van der Waals surface area contributed by atoms with Crippen LogP contribution in [0.5, 0.6) is 0 Å². The molecule has 0 spiro atoms. The molecule has 1 atom stereocenters. The van der Waals surface area contributed by atoms with E-state index in [9.17, 15) is 13.5 Å². The maximum atomic E-state index is 11.4. The van der Waals surface area contributed by atoms with Crippen LogP contribution in [0.4, 0.5) is 0 Å². The molecular formula is C15H34NNaO4S. The molecule has 0 aromatic rings. The third-order valence-corrected chi connectivity index (χ3v) is 4.63. The molecule has 0 aromatic heterocycles. The van der Waals surface area contributed by atoms with Gasteiger partial charge in [-0.3, -0.25) is 0 Å². The van der Waals surface area contributed by atoms with Gasteiger partial charge < -0.3 is 10.4 Å². The van der Waals surface area contributed by atoms with Gasteiger partial charge in [-0.15, -0.1) is 0 Å². The number of hydrogen-bond acceptors (Lipinski definition) is 5. The van der Waals surface area contributed by atoms with E-state index >= 15 is 0 Å². The first-order valence-corrected chi connectivity index (χ1v) is 9.83. The Hall–Kier alpha value is 0.830. The summed E-state index contributed by atoms with van der Waals surface area (Å²) in [6.07, 6.45) is 9.88. The number of hydrogen-bond donors (Lipinski definition) is 2. The molecule has 0 saturated carbocycles. The van der Waals surface area contributed by atoms with E-state index in [1.807, 2.05) is 0 Å². The third-order valence-electron chi connectivity index (χ3n) is 3.41. The predicted octanol–water partition coefficient (Wildman–Crippen LogP) is 2.14. The van der Waals surface area contributed by atoms with Crippen LogP contribution in [0.3, 0.4) is 0 Å². The molecule has 0 aliphatic rings. The summed E-state index contributed by atoms with van der Waals surface area (Å²) in [4.78, 5) is 0. The van der Waals surface area contributed by atoms with Crippen molar-refractivity contribution in [1.82, 2.24) is 5.32 Å². The molecule has 2 N–H and O–H groups in total. The monoisotopic (exact) mass is 347 g/mol. The number of nitrogens with one attached hydrogen (secondary N) is 1. The second-order valence-electron chi connectivity index (χ2n) is 5.53. The van der Waals surface area contributed by atoms with E-state index in [1.165, 1.54) is 38.5 Å². The van der Waals surface area contributed by atoms with Gasteiger partial charge in [0.05, 0.1) is 5.75 Å². The van der Waals surface area contributed by atoms with E-state index in [-0.39, 0.29) is 35.3 Å². The minimum absolute atomic E-state index is 0. The normalized spacial score (nSPS) is 12.9. The van der Waals surface area contributed by atoms with Crippen LogP contribution in [0.2, 0.25) is 0 Å². The van der Waals surface area contributed by atoms with E-state index in [4.69, 9.17) is 4.18 Å². The number of aliphatic hydroxyl groups is 1. The SMILES string of the molecule is CCCCCCCCCCCC(O)OS(=O)(=O)CCNC.[NaH]. The molecule has 0 rings (SSSR count). The summed E-state index contributed by atoms with van der Waals surface area (Å²) < 4.78 is 27.6. The Kier molecular flexibility index (Phi) is 19.0. The zero-order valence-electron chi connectivity index (χ0n) is 13.6. The summed E-state index contributed by atoms with van der Waals surface area (Å²) in [7, 11) is -1.94. The Bertz CT molecular complexity index is 326. The van der Waals surface area contributed by atoms with Crippen LogP contribution in [0.25, 0.3) is 0 Å². The summed E-state index contributed by atoms with van der Waals surface area (Å²) in [6.45, 7) is 2.54. The van der Waals surface area contributed by atoms with Gasteiger partial charge in [0.2, 0.25) is 0 Å². The molecule has 0 amide bonds. The van der Waals surface area contributed by atoms with E-state index in [1.54, 1.807) is 7.05 Å². The van der Waals surface area contributed by atoms with Crippen LogP contribution in [0, 0.1) is 0 Å². The van der Waals surface area contributed by atoms with Gasteiger partial charge in [0.15, 0.2) is 6.29 Å². The summed E-state index contributed by atoms with van der Waals surface area (Å²) in [6, 6.07) is 0. The number of unbranched alkanes of at least 4 members (excludes halogenated alkanes) is 8. The first kappa shape index (κ1) is 25.1. The first-order valence-electron chi connectivity index (χ1n) is 8.25. The molecule has 0 fully saturated rings. The van der Waals surface area contributed by atoms with E-state index in [0.29, 0.717) is 13.0 Å². The second kappa shape index (κ2) is 16.7. The van der Waals surface area contributed by atoms with Gasteiger partial charge in [0, 0.05) is 6.54 Å². The fraction of sp³-hybridized carbons (Fsp3) is 1.00. The van der Waals surface area contributed by atoms with Crippen molar-refractivity contribution in [2.24, 2.45) is 0 Å². The van der Waals surface area contributed by atoms with Crippen LogP contribution in [0.15, 0.2) is 0 Å². The van der Waals surface area contributed by atoms with Crippen molar-refractivity contribution in [1.29, 1.82) is 0 Å². The van der Waals surface area contributed by atoms with Crippen LogP contribution in [-0.4, -0.2) is 68.7 Å². The summed E-state index contributed by atoms with van der Waals surface area (Å²) in [5, 5.41) is 12.3. The van der Waals surface area contributed by atoms with Crippen molar-refractivity contribution < 1.29 is 17.7 Å². The Labute approximate surface area is 159 Å². The van der Waals surface area contributed by atoms with Gasteiger partial charge in [0.1, 0.15) is 0 Å². The zero-order chi connectivity index (χ0) is 16.0. The molecule has 0 aliphatic carbocycles. The van der Waals surface area contributed by atoms with Gasteiger partial charge in [-0.05, 0) is 19.9 Å². The molecule has 0 aromatic carbocycles. The molecule has 0 radical (unpaired) electrons. The average molecular weight is 347 g/mol. The van der Waals surface area contributed by atoms with Crippen molar-refractivity contribution in [2.75, 3.05) is 19.3 Å². The molecule has 1 unspecified atom stereocenters. The number of rotatable bonds is 15. The quantitative estimate of drug-likeness (QED) is 0.205. The molecule has 7 heteroatoms. The Morgan fingerprint density at radius 2 is 1.50 bits per heavy atom. The summed E-state index contributed by atoms with van der Waals surface area (Å²) in [5.74, 6) is -0.113. The van der Waals surface area contributed by atoms with Gasteiger partial charge in [-0.2, -0.15) is 8.42 Å². The fourth-order valence-corrected chi connectivity index (χ4v) is 3.11. The molecule has 0 heterocycles. The van der Waals surface area contributed by atoms with Crippen molar-refractivity contribution in [2.45, 2.75) is 77.4 Å². The Morgan fingerprint density at radius 1 is 1.00 bits per heavy atom. The predicted molar refractivity (Wildman–Crippen MR) is 93.8 cm³/mol. The van der Waals surface area contributed by atoms with Crippen molar-refractivity contribution in [3.63, 3.8) is 0 Å². The van der Waals surface area contributed by atoms with E-state index in [0.717, 1.165) is 19.3 Å². The first-order chi connectivity index (χ1) is 10.0. The Balaban J connectivity index is 0. The van der Waals surface area contributed by atoms with Gasteiger partial charge in [-0.1, -0.05) is 58.3 Å². The molecule has 0 bridgehead atoms. The molecule has 0 saturated heterocycles. The van der Waals surface area contributed by atoms with Gasteiger partial charge >= 0.3 is 29.6 Å². The van der Waals surface area contributed by atoms with E-state index < -0.39 is 16.4 Å². The standard InChI is InChI=1S/C15H33NO4S.Na.H/c1-3-4-5-6-7-8-9-10-11-12-15(17)20-21(18,19)14-13-16-2;;/h15-17H,3-14H2,1-2H3;;. The Morgan fingerprint density at radius 3 is 2.00 bits per heavy atom. The molecule has 5 nitrogen and oxygen atoms in total. The van der Waals surface area contributed by atoms with Gasteiger partial charge in [-0.25, -0.2) is 4.18 Å². The van der Waals surface area contributed by atoms with E-state index in [2.05, 4.69) is 12.2 Å². The molecule has 0 aliphatic heterocycles. The molecule has 130 valence electrons. The number of aliphatic hydroxyl groups excluding tert-OH is 1. The van der Waals surface area contributed by atoms with Crippen molar-refractivity contribution in [3.8, 4) is 0 Å². The minimum atomic E-state index is -3.62.